The molecule has 0 bridgehead atoms. The maximum atomic E-state index is 12.4. The molecule has 0 aliphatic heterocycles. The smallest absolute Gasteiger partial charge is 0.262 e. The van der Waals surface area contributed by atoms with Crippen molar-refractivity contribution in [1.29, 1.82) is 0 Å². The molecule has 33 heavy (non-hydrogen) atoms. The zero-order valence-electron chi connectivity index (χ0n) is 18.2. The van der Waals surface area contributed by atoms with E-state index in [4.69, 9.17) is 9.15 Å². The van der Waals surface area contributed by atoms with E-state index in [9.17, 15) is 4.79 Å². The van der Waals surface area contributed by atoms with Crippen LogP contribution in [0.3, 0.4) is 0 Å². The largest absolute Gasteiger partial charge is 0.483 e. The molecule has 0 spiro atoms. The SMILES string of the molecule is Cc1ccc(OCC(=O)Nc2ccc3oc(-c4cccc5c(Br)cccc45)nc3c2)c(C)c1. The molecule has 0 fully saturated rings. The third-order valence-corrected chi connectivity index (χ3v) is 6.15. The van der Waals surface area contributed by atoms with Gasteiger partial charge in [0.15, 0.2) is 12.2 Å². The Bertz CT molecular complexity index is 1510. The van der Waals surface area contributed by atoms with Crippen LogP contribution in [0.5, 0.6) is 5.75 Å². The summed E-state index contributed by atoms with van der Waals surface area (Å²) in [6, 6.07) is 23.4. The number of hydrogen-bond donors (Lipinski definition) is 1. The first kappa shape index (κ1) is 21.2. The van der Waals surface area contributed by atoms with Gasteiger partial charge in [0, 0.05) is 15.7 Å². The normalized spacial score (nSPS) is 11.1. The fourth-order valence-corrected chi connectivity index (χ4v) is 4.38. The first-order valence-electron chi connectivity index (χ1n) is 10.6. The lowest BCUT2D eigenvalue weighted by Gasteiger charge is -2.10. The second kappa shape index (κ2) is 8.71. The van der Waals surface area contributed by atoms with Gasteiger partial charge in [0.05, 0.1) is 0 Å². The van der Waals surface area contributed by atoms with Crippen LogP contribution in [0.2, 0.25) is 0 Å². The van der Waals surface area contributed by atoms with E-state index >= 15 is 0 Å². The highest BCUT2D eigenvalue weighted by Gasteiger charge is 2.13. The van der Waals surface area contributed by atoms with Crippen LogP contribution in [-0.2, 0) is 4.79 Å². The maximum Gasteiger partial charge on any atom is 0.262 e. The lowest BCUT2D eigenvalue weighted by atomic mass is 10.0. The minimum atomic E-state index is -0.239. The summed E-state index contributed by atoms with van der Waals surface area (Å²) in [5.41, 5.74) is 5.03. The van der Waals surface area contributed by atoms with Crippen LogP contribution in [0.25, 0.3) is 33.3 Å². The van der Waals surface area contributed by atoms with Gasteiger partial charge in [-0.2, -0.15) is 0 Å². The van der Waals surface area contributed by atoms with Crippen LogP contribution in [0.15, 0.2) is 81.7 Å². The van der Waals surface area contributed by atoms with E-state index in [1.54, 1.807) is 12.1 Å². The fraction of sp³-hybridized carbons (Fsp3) is 0.111. The quantitative estimate of drug-likeness (QED) is 0.281. The first-order valence-corrected chi connectivity index (χ1v) is 11.4. The Morgan fingerprint density at radius 1 is 1.00 bits per heavy atom. The van der Waals surface area contributed by atoms with E-state index in [-0.39, 0.29) is 12.5 Å². The molecule has 0 saturated heterocycles. The molecule has 0 radical (unpaired) electrons. The summed E-state index contributed by atoms with van der Waals surface area (Å²) in [6.07, 6.45) is 0. The highest BCUT2D eigenvalue weighted by molar-refractivity contribution is 9.10. The van der Waals surface area contributed by atoms with Crippen LogP contribution in [-0.4, -0.2) is 17.5 Å². The lowest BCUT2D eigenvalue weighted by Crippen LogP contribution is -2.20. The summed E-state index contributed by atoms with van der Waals surface area (Å²) in [4.78, 5) is 17.1. The first-order chi connectivity index (χ1) is 16.0. The van der Waals surface area contributed by atoms with Crippen molar-refractivity contribution in [3.63, 3.8) is 0 Å². The van der Waals surface area contributed by atoms with Crippen molar-refractivity contribution in [2.75, 3.05) is 11.9 Å². The van der Waals surface area contributed by atoms with Crippen molar-refractivity contribution in [2.45, 2.75) is 13.8 Å². The Morgan fingerprint density at radius 2 is 1.82 bits per heavy atom. The van der Waals surface area contributed by atoms with Gasteiger partial charge >= 0.3 is 0 Å². The standard InChI is InChI=1S/C27H21BrN2O3/c1-16-9-11-24(17(2)13-16)32-15-26(31)29-18-10-12-25-23(14-18)30-27(33-25)21-7-3-6-20-19(21)5-4-8-22(20)28/h3-14H,15H2,1-2H3,(H,29,31). The van der Waals surface area contributed by atoms with Crippen LogP contribution >= 0.6 is 15.9 Å². The number of fused-ring (bicyclic) bond motifs is 2. The average molecular weight is 501 g/mol. The van der Waals surface area contributed by atoms with E-state index in [0.717, 1.165) is 31.9 Å². The Kier molecular flexibility index (Phi) is 5.60. The molecule has 6 heteroatoms. The molecule has 1 aromatic heterocycles. The molecule has 164 valence electrons. The summed E-state index contributed by atoms with van der Waals surface area (Å²) in [6.45, 7) is 3.91. The number of rotatable bonds is 5. The molecule has 0 atom stereocenters. The van der Waals surface area contributed by atoms with Crippen LogP contribution in [0.1, 0.15) is 11.1 Å². The zero-order chi connectivity index (χ0) is 22.9. The Balaban J connectivity index is 1.36. The van der Waals surface area contributed by atoms with E-state index < -0.39 is 0 Å². The highest BCUT2D eigenvalue weighted by atomic mass is 79.9. The highest BCUT2D eigenvalue weighted by Crippen LogP contribution is 2.34. The van der Waals surface area contributed by atoms with Crippen molar-refractivity contribution in [2.24, 2.45) is 0 Å². The predicted octanol–water partition coefficient (Wildman–Crippen LogP) is 7.04. The molecule has 4 aromatic carbocycles. The van der Waals surface area contributed by atoms with Gasteiger partial charge in [0.25, 0.3) is 5.91 Å². The predicted molar refractivity (Wildman–Crippen MR) is 135 cm³/mol. The van der Waals surface area contributed by atoms with E-state index in [1.807, 2.05) is 68.4 Å². The molecule has 1 amide bonds. The lowest BCUT2D eigenvalue weighted by molar-refractivity contribution is -0.118. The number of nitrogens with zero attached hydrogens (tertiary/aromatic N) is 1. The molecule has 0 unspecified atom stereocenters. The number of aromatic nitrogens is 1. The number of halogens is 1. The van der Waals surface area contributed by atoms with Crippen molar-refractivity contribution in [3.05, 3.63) is 88.4 Å². The summed E-state index contributed by atoms with van der Waals surface area (Å²) >= 11 is 3.60. The average Bonchev–Trinajstić information content (AvgIpc) is 3.22. The van der Waals surface area contributed by atoms with Crippen molar-refractivity contribution in [3.8, 4) is 17.2 Å². The van der Waals surface area contributed by atoms with Crippen LogP contribution in [0.4, 0.5) is 5.69 Å². The van der Waals surface area contributed by atoms with Gasteiger partial charge in [-0.1, -0.05) is 57.9 Å². The monoisotopic (exact) mass is 500 g/mol. The summed E-state index contributed by atoms with van der Waals surface area (Å²) < 4.78 is 12.7. The Labute approximate surface area is 199 Å². The van der Waals surface area contributed by atoms with Gasteiger partial charge in [-0.3, -0.25) is 4.79 Å². The van der Waals surface area contributed by atoms with Gasteiger partial charge in [-0.15, -0.1) is 0 Å². The van der Waals surface area contributed by atoms with Gasteiger partial charge < -0.3 is 14.5 Å². The number of carbonyl (C=O) groups excluding carboxylic acids is 1. The number of amides is 1. The molecule has 0 saturated carbocycles. The molecule has 1 heterocycles. The second-order valence-electron chi connectivity index (χ2n) is 7.95. The van der Waals surface area contributed by atoms with Gasteiger partial charge in [0.2, 0.25) is 5.89 Å². The molecule has 1 N–H and O–H groups in total. The van der Waals surface area contributed by atoms with E-state index in [0.29, 0.717) is 28.4 Å². The fourth-order valence-electron chi connectivity index (χ4n) is 3.88. The van der Waals surface area contributed by atoms with E-state index in [2.05, 4.69) is 32.3 Å². The molecule has 5 nitrogen and oxygen atoms in total. The number of anilines is 1. The molecule has 5 aromatic rings. The Hall–Kier alpha value is -3.64. The third kappa shape index (κ3) is 4.34. The number of benzene rings is 4. The van der Waals surface area contributed by atoms with Crippen LogP contribution in [0, 0.1) is 13.8 Å². The minimum absolute atomic E-state index is 0.0725. The zero-order valence-corrected chi connectivity index (χ0v) is 19.8. The van der Waals surface area contributed by atoms with Gasteiger partial charge in [0.1, 0.15) is 11.3 Å². The topological polar surface area (TPSA) is 64.4 Å². The Morgan fingerprint density at radius 3 is 2.67 bits per heavy atom. The van der Waals surface area contributed by atoms with Crippen molar-refractivity contribution < 1.29 is 13.9 Å². The molecular formula is C27H21BrN2O3. The molecule has 0 aliphatic rings. The van der Waals surface area contributed by atoms with E-state index in [1.165, 1.54) is 0 Å². The third-order valence-electron chi connectivity index (χ3n) is 5.46. The van der Waals surface area contributed by atoms with Crippen molar-refractivity contribution in [1.82, 2.24) is 4.98 Å². The number of aryl methyl sites for hydroxylation is 2. The number of hydrogen-bond acceptors (Lipinski definition) is 4. The second-order valence-corrected chi connectivity index (χ2v) is 8.80. The summed E-state index contributed by atoms with van der Waals surface area (Å²) in [7, 11) is 0. The molecule has 0 aliphatic carbocycles. The molecule has 5 rings (SSSR count). The number of ether oxygens (including phenoxy) is 1. The summed E-state index contributed by atoms with van der Waals surface area (Å²) in [5.74, 6) is 1.00. The number of carbonyl (C=O) groups is 1. The number of nitrogens with one attached hydrogen (secondary N) is 1. The van der Waals surface area contributed by atoms with Gasteiger partial charge in [-0.25, -0.2) is 4.98 Å². The van der Waals surface area contributed by atoms with Crippen LogP contribution < -0.4 is 10.1 Å². The maximum absolute atomic E-state index is 12.4. The van der Waals surface area contributed by atoms with Gasteiger partial charge in [-0.05, 0) is 66.6 Å². The number of oxazole rings is 1. The minimum Gasteiger partial charge on any atom is -0.483 e. The molecular weight excluding hydrogens is 480 g/mol. The van der Waals surface area contributed by atoms with Crippen molar-refractivity contribution >= 4 is 49.4 Å². The summed E-state index contributed by atoms with van der Waals surface area (Å²) in [5, 5.41) is 5.01.